The van der Waals surface area contributed by atoms with Crippen LogP contribution in [-0.4, -0.2) is 35.4 Å². The zero-order chi connectivity index (χ0) is 20.9. The Bertz CT molecular complexity index is 1230. The second kappa shape index (κ2) is 7.52. The highest BCUT2D eigenvalue weighted by molar-refractivity contribution is 7.88. The monoisotopic (exact) mass is 441 g/mol. The van der Waals surface area contributed by atoms with Crippen molar-refractivity contribution in [3.8, 4) is 0 Å². The van der Waals surface area contributed by atoms with Crippen molar-refractivity contribution >= 4 is 38.6 Å². The quantitative estimate of drug-likeness (QED) is 0.591. The van der Waals surface area contributed by atoms with Crippen molar-refractivity contribution in [2.45, 2.75) is 31.6 Å². The lowest BCUT2D eigenvalue weighted by Crippen LogP contribution is -2.44. The third kappa shape index (κ3) is 3.47. The van der Waals surface area contributed by atoms with Gasteiger partial charge in [0.25, 0.3) is 0 Å². The minimum atomic E-state index is -3.41. The zero-order valence-electron chi connectivity index (χ0n) is 16.8. The van der Waals surface area contributed by atoms with Gasteiger partial charge in [-0.3, -0.25) is 4.98 Å². The molecule has 0 bridgehead atoms. The fourth-order valence-electron chi connectivity index (χ4n) is 4.64. The number of piperidine rings is 1. The van der Waals surface area contributed by atoms with Gasteiger partial charge >= 0.3 is 0 Å². The summed E-state index contributed by atoms with van der Waals surface area (Å²) in [5.74, 6) is 0.386. The molecule has 2 aromatic heterocycles. The molecule has 5 rings (SSSR count). The van der Waals surface area contributed by atoms with Gasteiger partial charge in [-0.05, 0) is 36.1 Å². The first kappa shape index (κ1) is 19.8. The lowest BCUT2D eigenvalue weighted by Gasteiger charge is -2.37. The lowest BCUT2D eigenvalue weighted by atomic mass is 9.94. The number of sulfonamides is 1. The molecule has 2 aliphatic rings. The van der Waals surface area contributed by atoms with Gasteiger partial charge in [-0.1, -0.05) is 42.8 Å². The van der Waals surface area contributed by atoms with Gasteiger partial charge in [0.2, 0.25) is 10.0 Å². The minimum Gasteiger partial charge on any atom is -0.342 e. The highest BCUT2D eigenvalue weighted by Gasteiger charge is 2.34. The summed E-state index contributed by atoms with van der Waals surface area (Å²) in [7, 11) is -3.41. The third-order valence-corrected chi connectivity index (χ3v) is 8.43. The van der Waals surface area contributed by atoms with E-state index in [-0.39, 0.29) is 11.8 Å². The van der Waals surface area contributed by atoms with Crippen LogP contribution in [-0.2, 0) is 22.2 Å². The van der Waals surface area contributed by atoms with Crippen LogP contribution in [0.4, 0.5) is 0 Å². The molecule has 7 heteroatoms. The normalized spacial score (nSPS) is 21.9. The van der Waals surface area contributed by atoms with Gasteiger partial charge in [0.1, 0.15) is 0 Å². The Morgan fingerprint density at radius 3 is 2.80 bits per heavy atom. The fraction of sp³-hybridized carbons (Fsp3) is 0.348. The zero-order valence-corrected chi connectivity index (χ0v) is 18.4. The molecule has 1 aliphatic carbocycles. The molecular weight excluding hydrogens is 418 g/mol. The van der Waals surface area contributed by atoms with Gasteiger partial charge in [0, 0.05) is 47.9 Å². The van der Waals surface area contributed by atoms with Crippen LogP contribution in [0.3, 0.4) is 0 Å². The van der Waals surface area contributed by atoms with E-state index in [1.54, 1.807) is 28.6 Å². The smallest absolute Gasteiger partial charge is 0.218 e. The Hall–Kier alpha value is -2.15. The summed E-state index contributed by atoms with van der Waals surface area (Å²) in [6.45, 7) is 3.27. The Kier molecular flexibility index (Phi) is 4.96. The number of hydrogen-bond acceptors (Lipinski definition) is 3. The number of fused-ring (bicyclic) bond motifs is 3. The molecule has 0 N–H and O–H groups in total. The first-order valence-corrected chi connectivity index (χ1v) is 12.3. The van der Waals surface area contributed by atoms with Crippen molar-refractivity contribution in [1.29, 1.82) is 0 Å². The summed E-state index contributed by atoms with van der Waals surface area (Å²) in [5, 5.41) is 1.72. The van der Waals surface area contributed by atoms with E-state index in [1.807, 2.05) is 6.20 Å². The van der Waals surface area contributed by atoms with Crippen LogP contribution in [0.1, 0.15) is 36.2 Å². The molecule has 0 radical (unpaired) electrons. The van der Waals surface area contributed by atoms with Gasteiger partial charge in [0.15, 0.2) is 0 Å². The molecule has 30 heavy (non-hydrogen) atoms. The van der Waals surface area contributed by atoms with Gasteiger partial charge < -0.3 is 4.57 Å². The molecular formula is C23H24ClN3O2S. The van der Waals surface area contributed by atoms with E-state index in [4.69, 9.17) is 11.6 Å². The van der Waals surface area contributed by atoms with Crippen molar-refractivity contribution in [1.82, 2.24) is 13.9 Å². The van der Waals surface area contributed by atoms with Crippen LogP contribution >= 0.6 is 11.6 Å². The second-order valence-corrected chi connectivity index (χ2v) is 10.7. The average molecular weight is 442 g/mol. The molecule has 5 nitrogen and oxygen atoms in total. The van der Waals surface area contributed by atoms with Gasteiger partial charge in [-0.25, -0.2) is 8.42 Å². The van der Waals surface area contributed by atoms with Crippen molar-refractivity contribution in [3.05, 3.63) is 70.6 Å². The number of aromatic nitrogens is 2. The number of allylic oxidation sites excluding steroid dienone is 1. The van der Waals surface area contributed by atoms with Crippen LogP contribution in [0, 0.1) is 5.92 Å². The predicted octanol–water partition coefficient (Wildman–Crippen LogP) is 4.67. The standard InChI is InChI=1S/C23H24ClN3O2S/c1-16-9-11-26(30(28,29)15-17-5-7-19(24)8-6-17)14-22(16)27-12-10-18-13-25-21-4-2-3-20(21)23(18)27/h2-3,5-8,10,12-13,16,22H,4,9,11,14-15H2,1H3/t16-,22+/m1/s1. The maximum Gasteiger partial charge on any atom is 0.218 e. The number of nitrogens with zero attached hydrogens (tertiary/aromatic N) is 3. The highest BCUT2D eigenvalue weighted by Crippen LogP contribution is 2.36. The van der Waals surface area contributed by atoms with E-state index < -0.39 is 10.0 Å². The topological polar surface area (TPSA) is 55.2 Å². The molecule has 0 amide bonds. The Balaban J connectivity index is 1.46. The summed E-state index contributed by atoms with van der Waals surface area (Å²) >= 11 is 5.94. The molecule has 0 saturated carbocycles. The molecule has 1 aliphatic heterocycles. The largest absolute Gasteiger partial charge is 0.342 e. The predicted molar refractivity (Wildman–Crippen MR) is 121 cm³/mol. The molecule has 0 unspecified atom stereocenters. The van der Waals surface area contributed by atoms with Crippen LogP contribution in [0.5, 0.6) is 0 Å². The van der Waals surface area contributed by atoms with Crippen LogP contribution in [0.15, 0.2) is 48.8 Å². The van der Waals surface area contributed by atoms with Gasteiger partial charge in [-0.2, -0.15) is 4.31 Å². The summed E-state index contributed by atoms with van der Waals surface area (Å²) in [6.07, 6.45) is 10.0. The highest BCUT2D eigenvalue weighted by atomic mass is 35.5. The maximum absolute atomic E-state index is 13.2. The van der Waals surface area contributed by atoms with E-state index in [0.29, 0.717) is 24.0 Å². The van der Waals surface area contributed by atoms with Gasteiger partial charge in [0.05, 0.1) is 23.0 Å². The number of hydrogen-bond donors (Lipinski definition) is 0. The van der Waals surface area contributed by atoms with Crippen LogP contribution in [0.25, 0.3) is 17.0 Å². The minimum absolute atomic E-state index is 0.000246. The van der Waals surface area contributed by atoms with E-state index in [2.05, 4.69) is 40.9 Å². The van der Waals surface area contributed by atoms with Crippen molar-refractivity contribution in [3.63, 3.8) is 0 Å². The van der Waals surface area contributed by atoms with E-state index in [1.165, 1.54) is 11.1 Å². The van der Waals surface area contributed by atoms with Crippen LogP contribution < -0.4 is 0 Å². The number of halogens is 1. The Morgan fingerprint density at radius 2 is 2.00 bits per heavy atom. The molecule has 0 spiro atoms. The lowest BCUT2D eigenvalue weighted by molar-refractivity contribution is 0.204. The molecule has 1 aromatic carbocycles. The molecule has 1 fully saturated rings. The van der Waals surface area contributed by atoms with Crippen molar-refractivity contribution in [2.24, 2.45) is 5.92 Å². The van der Waals surface area contributed by atoms with Crippen molar-refractivity contribution < 1.29 is 8.42 Å². The maximum atomic E-state index is 13.2. The number of pyridine rings is 1. The first-order chi connectivity index (χ1) is 14.4. The van der Waals surface area contributed by atoms with E-state index in [0.717, 1.165) is 29.5 Å². The molecule has 156 valence electrons. The third-order valence-electron chi connectivity index (χ3n) is 6.36. The Morgan fingerprint density at radius 1 is 1.20 bits per heavy atom. The Labute approximate surface area is 182 Å². The SMILES string of the molecule is C[C@@H]1CCN(S(=O)(=O)Cc2ccc(Cl)cc2)C[C@@H]1n1ccc2cnc3c(c21)C=CC3. The summed E-state index contributed by atoms with van der Waals surface area (Å²) in [6, 6.07) is 9.22. The second-order valence-electron chi connectivity index (χ2n) is 8.33. The molecule has 2 atom stereocenters. The summed E-state index contributed by atoms with van der Waals surface area (Å²) in [4.78, 5) is 4.58. The molecule has 3 aromatic rings. The summed E-state index contributed by atoms with van der Waals surface area (Å²) < 4.78 is 30.3. The van der Waals surface area contributed by atoms with Gasteiger partial charge in [-0.15, -0.1) is 0 Å². The average Bonchev–Trinajstić information content (AvgIpc) is 3.36. The first-order valence-electron chi connectivity index (χ1n) is 10.3. The number of rotatable bonds is 4. The van der Waals surface area contributed by atoms with E-state index >= 15 is 0 Å². The fourth-order valence-corrected chi connectivity index (χ4v) is 6.32. The van der Waals surface area contributed by atoms with Crippen LogP contribution in [0.2, 0.25) is 5.02 Å². The van der Waals surface area contributed by atoms with Crippen molar-refractivity contribution in [2.75, 3.05) is 13.1 Å². The summed E-state index contributed by atoms with van der Waals surface area (Å²) in [5.41, 5.74) is 4.20. The molecule has 1 saturated heterocycles. The molecule has 3 heterocycles. The number of benzene rings is 1. The van der Waals surface area contributed by atoms with E-state index in [9.17, 15) is 8.42 Å².